The molecular weight excluding hydrogens is 551 g/mol. The molecule has 0 amide bonds. The highest BCUT2D eigenvalue weighted by atomic mass is 35.5. The summed E-state index contributed by atoms with van der Waals surface area (Å²) in [5, 5.41) is 0.179. The van der Waals surface area contributed by atoms with Crippen LogP contribution in [0.15, 0.2) is 107 Å². The van der Waals surface area contributed by atoms with Crippen molar-refractivity contribution in [3.63, 3.8) is 0 Å². The van der Waals surface area contributed by atoms with Crippen LogP contribution in [-0.2, 0) is 16.1 Å². The molecule has 0 saturated carbocycles. The van der Waals surface area contributed by atoms with E-state index >= 15 is 0 Å². The van der Waals surface area contributed by atoms with E-state index in [-0.39, 0.29) is 27.3 Å². The van der Waals surface area contributed by atoms with Crippen LogP contribution in [0, 0.1) is 5.82 Å². The summed E-state index contributed by atoms with van der Waals surface area (Å²) in [6, 6.07) is 20.5. The number of esters is 1. The zero-order valence-electron chi connectivity index (χ0n) is 21.5. The molecular formula is C31H24ClFN2O4S. The summed E-state index contributed by atoms with van der Waals surface area (Å²) < 4.78 is 27.5. The molecule has 0 fully saturated rings. The van der Waals surface area contributed by atoms with Crippen molar-refractivity contribution in [1.82, 2.24) is 4.57 Å². The van der Waals surface area contributed by atoms with Crippen molar-refractivity contribution in [3.05, 3.63) is 144 Å². The molecule has 0 aliphatic carbocycles. The van der Waals surface area contributed by atoms with Crippen LogP contribution < -0.4 is 19.6 Å². The van der Waals surface area contributed by atoms with Crippen molar-refractivity contribution in [2.45, 2.75) is 19.6 Å². The zero-order valence-corrected chi connectivity index (χ0v) is 23.0. The van der Waals surface area contributed by atoms with Crippen LogP contribution in [0.2, 0.25) is 5.02 Å². The van der Waals surface area contributed by atoms with E-state index in [1.54, 1.807) is 37.3 Å². The molecule has 9 heteroatoms. The lowest BCUT2D eigenvalue weighted by Crippen LogP contribution is -2.40. The topological polar surface area (TPSA) is 69.9 Å². The number of nitrogens with zero attached hydrogens (tertiary/aromatic N) is 2. The molecule has 202 valence electrons. The number of aromatic nitrogens is 1. The molecule has 3 aromatic carbocycles. The molecule has 1 atom stereocenters. The molecule has 40 heavy (non-hydrogen) atoms. The minimum absolute atomic E-state index is 0.00476. The molecule has 0 spiro atoms. The van der Waals surface area contributed by atoms with Gasteiger partial charge in [0.25, 0.3) is 5.56 Å². The van der Waals surface area contributed by atoms with Crippen molar-refractivity contribution < 1.29 is 18.7 Å². The van der Waals surface area contributed by atoms with Crippen LogP contribution in [0.5, 0.6) is 5.75 Å². The molecule has 1 aromatic heterocycles. The average molecular weight is 575 g/mol. The smallest absolute Gasteiger partial charge is 0.338 e. The molecule has 0 saturated heterocycles. The van der Waals surface area contributed by atoms with Crippen LogP contribution in [0.25, 0.3) is 6.08 Å². The SMILES string of the molecule is C=CCOC(=O)C1=C(C)N=c2s/c(=C\c3c(F)cccc3Cl)c(=O)n2C1c1ccc(OCc2ccccc2)cc1. The maximum absolute atomic E-state index is 14.5. The van der Waals surface area contributed by atoms with Crippen molar-refractivity contribution in [2.75, 3.05) is 6.61 Å². The third-order valence-electron chi connectivity index (χ3n) is 6.29. The van der Waals surface area contributed by atoms with Gasteiger partial charge in [0.2, 0.25) is 0 Å². The van der Waals surface area contributed by atoms with E-state index in [2.05, 4.69) is 11.6 Å². The first-order valence-corrected chi connectivity index (χ1v) is 13.6. The van der Waals surface area contributed by atoms with Crippen molar-refractivity contribution >= 4 is 35.0 Å². The number of hydrogen-bond acceptors (Lipinski definition) is 6. The molecule has 1 aliphatic rings. The van der Waals surface area contributed by atoms with E-state index < -0.39 is 23.4 Å². The van der Waals surface area contributed by atoms with Gasteiger partial charge in [-0.15, -0.1) is 0 Å². The Morgan fingerprint density at radius 2 is 1.88 bits per heavy atom. The minimum Gasteiger partial charge on any atom is -0.489 e. The lowest BCUT2D eigenvalue weighted by Gasteiger charge is -2.24. The van der Waals surface area contributed by atoms with Crippen molar-refractivity contribution in [3.8, 4) is 5.75 Å². The number of fused-ring (bicyclic) bond motifs is 1. The number of benzene rings is 3. The molecule has 1 unspecified atom stereocenters. The van der Waals surface area contributed by atoms with Gasteiger partial charge < -0.3 is 9.47 Å². The van der Waals surface area contributed by atoms with Gasteiger partial charge in [-0.25, -0.2) is 14.2 Å². The van der Waals surface area contributed by atoms with E-state index in [0.717, 1.165) is 16.9 Å². The second-order valence-electron chi connectivity index (χ2n) is 8.95. The molecule has 0 N–H and O–H groups in total. The van der Waals surface area contributed by atoms with E-state index in [1.807, 2.05) is 30.3 Å². The van der Waals surface area contributed by atoms with Crippen LogP contribution in [0.1, 0.15) is 29.7 Å². The van der Waals surface area contributed by atoms with Crippen molar-refractivity contribution in [2.24, 2.45) is 4.99 Å². The van der Waals surface area contributed by atoms with Gasteiger partial charge in [0.1, 0.15) is 24.8 Å². The fourth-order valence-corrected chi connectivity index (χ4v) is 5.62. The number of thiazole rings is 1. The van der Waals surface area contributed by atoms with E-state index in [1.165, 1.54) is 28.9 Å². The molecule has 1 aliphatic heterocycles. The minimum atomic E-state index is -0.824. The summed E-state index contributed by atoms with van der Waals surface area (Å²) >= 11 is 7.30. The van der Waals surface area contributed by atoms with Gasteiger partial charge in [0.05, 0.1) is 26.9 Å². The van der Waals surface area contributed by atoms with Crippen LogP contribution >= 0.6 is 22.9 Å². The predicted octanol–water partition coefficient (Wildman–Crippen LogP) is 5.34. The Morgan fingerprint density at radius 3 is 2.58 bits per heavy atom. The predicted molar refractivity (Wildman–Crippen MR) is 154 cm³/mol. The summed E-state index contributed by atoms with van der Waals surface area (Å²) in [6.45, 7) is 5.70. The van der Waals surface area contributed by atoms with Crippen LogP contribution in [-0.4, -0.2) is 17.1 Å². The summed E-state index contributed by atoms with van der Waals surface area (Å²) in [4.78, 5) is 31.8. The summed E-state index contributed by atoms with van der Waals surface area (Å²) in [7, 11) is 0. The quantitative estimate of drug-likeness (QED) is 0.211. The van der Waals surface area contributed by atoms with Gasteiger partial charge in [-0.2, -0.15) is 0 Å². The summed E-state index contributed by atoms with van der Waals surface area (Å²) in [6.07, 6.45) is 2.88. The highest BCUT2D eigenvalue weighted by Gasteiger charge is 2.33. The van der Waals surface area contributed by atoms with Crippen LogP contribution in [0.4, 0.5) is 4.39 Å². The average Bonchev–Trinajstić information content (AvgIpc) is 3.26. The Labute approximate surface area is 238 Å². The van der Waals surface area contributed by atoms with Gasteiger partial charge >= 0.3 is 5.97 Å². The molecule has 5 rings (SSSR count). The fraction of sp³-hybridized carbons (Fsp3) is 0.129. The van der Waals surface area contributed by atoms with Crippen LogP contribution in [0.3, 0.4) is 0 Å². The Balaban J connectivity index is 1.59. The summed E-state index contributed by atoms with van der Waals surface area (Å²) in [5.41, 5.74) is 2.00. The monoisotopic (exact) mass is 574 g/mol. The molecule has 4 aromatic rings. The first kappa shape index (κ1) is 27.3. The third-order valence-corrected chi connectivity index (χ3v) is 7.61. The Kier molecular flexibility index (Phi) is 8.09. The van der Waals surface area contributed by atoms with E-state index in [9.17, 15) is 14.0 Å². The molecule has 6 nitrogen and oxygen atoms in total. The number of carbonyl (C=O) groups is 1. The van der Waals surface area contributed by atoms with Crippen molar-refractivity contribution in [1.29, 1.82) is 0 Å². The first-order valence-electron chi connectivity index (χ1n) is 12.4. The second-order valence-corrected chi connectivity index (χ2v) is 10.4. The third kappa shape index (κ3) is 5.54. The lowest BCUT2D eigenvalue weighted by molar-refractivity contribution is -0.138. The number of rotatable bonds is 8. The first-order chi connectivity index (χ1) is 19.4. The largest absolute Gasteiger partial charge is 0.489 e. The number of halogens is 2. The highest BCUT2D eigenvalue weighted by molar-refractivity contribution is 7.07. The van der Waals surface area contributed by atoms with E-state index in [4.69, 9.17) is 21.1 Å². The lowest BCUT2D eigenvalue weighted by atomic mass is 9.96. The van der Waals surface area contributed by atoms with Gasteiger partial charge in [0.15, 0.2) is 4.80 Å². The maximum Gasteiger partial charge on any atom is 0.338 e. The van der Waals surface area contributed by atoms with Gasteiger partial charge in [-0.1, -0.05) is 84.1 Å². The zero-order chi connectivity index (χ0) is 28.2. The highest BCUT2D eigenvalue weighted by Crippen LogP contribution is 2.32. The van der Waals surface area contributed by atoms with E-state index in [0.29, 0.717) is 28.4 Å². The normalized spacial score (nSPS) is 14.9. The second kappa shape index (κ2) is 11.9. The standard InChI is InChI=1S/C31H24ClFN2O4S/c1-3-16-38-30(37)27-19(2)34-31-35(29(36)26(40-31)17-23-24(32)10-7-11-25(23)33)28(27)21-12-14-22(15-13-21)39-18-20-8-5-4-6-9-20/h3-15,17,28H,1,16,18H2,2H3/b26-17-. The number of ether oxygens (including phenoxy) is 2. The Morgan fingerprint density at radius 1 is 1.12 bits per heavy atom. The number of hydrogen-bond donors (Lipinski definition) is 0. The van der Waals surface area contributed by atoms with Gasteiger partial charge in [-0.3, -0.25) is 9.36 Å². The Bertz CT molecular complexity index is 1770. The Hall–Kier alpha value is -4.27. The molecule has 0 radical (unpaired) electrons. The number of allylic oxidation sites excluding steroid dienone is 1. The van der Waals surface area contributed by atoms with Gasteiger partial charge in [-0.05, 0) is 48.4 Å². The number of carbonyl (C=O) groups excluding carboxylic acids is 1. The molecule has 2 heterocycles. The molecule has 0 bridgehead atoms. The summed E-state index contributed by atoms with van der Waals surface area (Å²) in [5.74, 6) is -0.529. The fourth-order valence-electron chi connectivity index (χ4n) is 4.38. The maximum atomic E-state index is 14.5. The van der Waals surface area contributed by atoms with Gasteiger partial charge in [0, 0.05) is 5.56 Å².